The topological polar surface area (TPSA) is 61.8 Å². The van der Waals surface area contributed by atoms with Crippen molar-refractivity contribution in [2.45, 2.75) is 62.0 Å². The van der Waals surface area contributed by atoms with E-state index in [1.54, 1.807) is 0 Å². The molecule has 44 heavy (non-hydrogen) atoms. The minimum atomic E-state index is -8.01. The summed E-state index contributed by atoms with van der Waals surface area (Å²) in [7, 11) is 0. The fourth-order valence-corrected chi connectivity index (χ4v) is 3.16. The predicted molar refractivity (Wildman–Crippen MR) is 124 cm³/mol. The molecular formula is C26H21F13O5. The molecule has 0 unspecified atom stereocenters. The first kappa shape index (κ1) is 36.5. The molecule has 0 fully saturated rings. The van der Waals surface area contributed by atoms with Gasteiger partial charge in [0.2, 0.25) is 0 Å². The molecule has 2 rings (SSSR count). The van der Waals surface area contributed by atoms with E-state index < -0.39 is 66.3 Å². The van der Waals surface area contributed by atoms with E-state index in [9.17, 15) is 66.7 Å². The number of rotatable bonds is 14. The van der Waals surface area contributed by atoms with Gasteiger partial charge in [0, 0.05) is 0 Å². The van der Waals surface area contributed by atoms with E-state index >= 15 is 0 Å². The number of carbonyl (C=O) groups is 2. The summed E-state index contributed by atoms with van der Waals surface area (Å²) in [5.41, 5.74) is -0.408. The third-order valence-electron chi connectivity index (χ3n) is 5.80. The van der Waals surface area contributed by atoms with Gasteiger partial charge in [-0.3, -0.25) is 0 Å². The highest BCUT2D eigenvalue weighted by Crippen LogP contribution is 2.60. The van der Waals surface area contributed by atoms with Gasteiger partial charge in [-0.05, 0) is 55.0 Å². The van der Waals surface area contributed by atoms with E-state index in [2.05, 4.69) is 4.74 Å². The molecule has 0 heterocycles. The Morgan fingerprint density at radius 2 is 1.05 bits per heavy atom. The lowest BCUT2D eigenvalue weighted by Gasteiger charge is -2.39. The molecule has 0 saturated heterocycles. The van der Waals surface area contributed by atoms with Crippen LogP contribution in [0.2, 0.25) is 0 Å². The van der Waals surface area contributed by atoms with Crippen LogP contribution in [0.4, 0.5) is 57.1 Å². The molecule has 0 radical (unpaired) electrons. The third kappa shape index (κ3) is 7.31. The zero-order valence-corrected chi connectivity index (χ0v) is 22.1. The van der Waals surface area contributed by atoms with Crippen LogP contribution in [0.3, 0.4) is 0 Å². The molecular weight excluding hydrogens is 639 g/mol. The Kier molecular flexibility index (Phi) is 10.9. The lowest BCUT2D eigenvalue weighted by molar-refractivity contribution is -0.440. The van der Waals surface area contributed by atoms with E-state index in [0.717, 1.165) is 37.1 Å². The van der Waals surface area contributed by atoms with Crippen LogP contribution >= 0.6 is 0 Å². The van der Waals surface area contributed by atoms with Crippen LogP contribution in [0.5, 0.6) is 11.5 Å². The molecule has 0 atom stereocenters. The molecule has 0 aliphatic rings. The smallest absolute Gasteiger partial charge is 0.460 e. The van der Waals surface area contributed by atoms with Crippen molar-refractivity contribution in [3.8, 4) is 11.5 Å². The molecule has 2 aromatic rings. The highest BCUT2D eigenvalue weighted by atomic mass is 19.4. The second kappa shape index (κ2) is 13.1. The lowest BCUT2D eigenvalue weighted by atomic mass is 9.93. The van der Waals surface area contributed by atoms with Crippen LogP contribution in [-0.4, -0.2) is 60.9 Å². The monoisotopic (exact) mass is 660 g/mol. The van der Waals surface area contributed by atoms with Gasteiger partial charge in [0.15, 0.2) is 0 Å². The van der Waals surface area contributed by atoms with E-state index in [1.165, 1.54) is 24.3 Å². The zero-order valence-electron chi connectivity index (χ0n) is 22.1. The summed E-state index contributed by atoms with van der Waals surface area (Å²) in [6, 6.07) is 9.59. The summed E-state index contributed by atoms with van der Waals surface area (Å²) in [5.74, 6) is -39.7. The number of alkyl halides is 13. The molecule has 0 aromatic heterocycles. The Morgan fingerprint density at radius 3 is 1.52 bits per heavy atom. The van der Waals surface area contributed by atoms with E-state index in [4.69, 9.17) is 9.47 Å². The minimum absolute atomic E-state index is 0.0968. The summed E-state index contributed by atoms with van der Waals surface area (Å²) in [5, 5.41) is 0. The first-order valence-electron chi connectivity index (χ1n) is 12.2. The molecule has 0 spiro atoms. The molecule has 0 bridgehead atoms. The molecule has 0 aliphatic heterocycles. The maximum Gasteiger partial charge on any atom is 0.460 e. The van der Waals surface area contributed by atoms with Crippen LogP contribution in [0.1, 0.15) is 46.9 Å². The number of carbonyl (C=O) groups excluding carboxylic acids is 2. The summed E-state index contributed by atoms with van der Waals surface area (Å²) < 4.78 is 186. The van der Waals surface area contributed by atoms with Crippen LogP contribution in [0, 0.1) is 0 Å². The standard InChI is InChI=1S/C26H21F13O5/c1-2-3-13-42-17-8-4-16(5-9-17)20(41)44-18-10-6-15(7-11-18)19(40)43-14-12-21(27,28)22(29,30)23(31,32)24(33,34)25(35,36)26(37,38)39/h4-11H,2-3,12-14H2,1H3. The van der Waals surface area contributed by atoms with Gasteiger partial charge in [0.1, 0.15) is 11.5 Å². The van der Waals surface area contributed by atoms with Crippen LogP contribution in [-0.2, 0) is 4.74 Å². The molecule has 18 heteroatoms. The normalized spacial score (nSPS) is 13.4. The Labute approximate surface area is 239 Å². The van der Waals surface area contributed by atoms with Gasteiger partial charge >= 0.3 is 47.7 Å². The van der Waals surface area contributed by atoms with Crippen LogP contribution in [0.15, 0.2) is 48.5 Å². The summed E-state index contributed by atoms with van der Waals surface area (Å²) in [6.45, 7) is 0.537. The highest BCUT2D eigenvalue weighted by Gasteiger charge is 2.90. The van der Waals surface area contributed by atoms with Crippen molar-refractivity contribution in [1.82, 2.24) is 0 Å². The van der Waals surface area contributed by atoms with Crippen molar-refractivity contribution in [3.05, 3.63) is 59.7 Å². The van der Waals surface area contributed by atoms with E-state index in [1.807, 2.05) is 6.92 Å². The third-order valence-corrected chi connectivity index (χ3v) is 5.80. The lowest BCUT2D eigenvalue weighted by Crippen LogP contribution is -2.70. The maximum absolute atomic E-state index is 13.8. The van der Waals surface area contributed by atoms with Gasteiger partial charge in [-0.25, -0.2) is 9.59 Å². The fraction of sp³-hybridized carbons (Fsp3) is 0.462. The highest BCUT2D eigenvalue weighted by molar-refractivity contribution is 5.92. The van der Waals surface area contributed by atoms with Crippen molar-refractivity contribution in [2.24, 2.45) is 0 Å². The van der Waals surface area contributed by atoms with Gasteiger partial charge < -0.3 is 14.2 Å². The largest absolute Gasteiger partial charge is 0.494 e. The second-order valence-corrected chi connectivity index (χ2v) is 9.03. The van der Waals surface area contributed by atoms with Gasteiger partial charge in [0.05, 0.1) is 30.8 Å². The first-order valence-corrected chi connectivity index (χ1v) is 12.2. The molecule has 5 nitrogen and oxygen atoms in total. The maximum atomic E-state index is 13.8. The van der Waals surface area contributed by atoms with Crippen molar-refractivity contribution in [1.29, 1.82) is 0 Å². The molecule has 2 aromatic carbocycles. The average molecular weight is 660 g/mol. The fourth-order valence-electron chi connectivity index (χ4n) is 3.16. The quantitative estimate of drug-likeness (QED) is 0.0883. The van der Waals surface area contributed by atoms with Gasteiger partial charge in [-0.2, -0.15) is 57.1 Å². The molecule has 0 N–H and O–H groups in total. The molecule has 0 saturated carbocycles. The predicted octanol–water partition coefficient (Wildman–Crippen LogP) is 8.37. The number of halogens is 13. The first-order chi connectivity index (χ1) is 20.0. The van der Waals surface area contributed by atoms with E-state index in [0.29, 0.717) is 12.4 Å². The van der Waals surface area contributed by atoms with Crippen LogP contribution in [0.25, 0.3) is 0 Å². The second-order valence-electron chi connectivity index (χ2n) is 9.03. The summed E-state index contributed by atoms with van der Waals surface area (Å²) in [6.07, 6.45) is -8.48. The Balaban J connectivity index is 2.01. The number of benzene rings is 2. The molecule has 0 amide bonds. The number of hydrogen-bond donors (Lipinski definition) is 0. The molecule has 0 aliphatic carbocycles. The average Bonchev–Trinajstić information content (AvgIpc) is 2.92. The van der Waals surface area contributed by atoms with Crippen molar-refractivity contribution in [3.63, 3.8) is 0 Å². The SMILES string of the molecule is CCCCOc1ccc(C(=O)Oc2ccc(C(=O)OCCC(F)(F)C(F)(F)C(F)(F)C(F)(F)C(F)(F)C(F)(F)F)cc2)cc1. The number of esters is 2. The minimum Gasteiger partial charge on any atom is -0.494 e. The Hall–Kier alpha value is -3.73. The van der Waals surface area contributed by atoms with Gasteiger partial charge in [0.25, 0.3) is 0 Å². The van der Waals surface area contributed by atoms with Gasteiger partial charge in [-0.15, -0.1) is 0 Å². The van der Waals surface area contributed by atoms with Crippen molar-refractivity contribution < 1.29 is 80.9 Å². The Bertz CT molecular complexity index is 1270. The van der Waals surface area contributed by atoms with Crippen molar-refractivity contribution in [2.75, 3.05) is 13.2 Å². The van der Waals surface area contributed by atoms with Crippen molar-refractivity contribution >= 4 is 11.9 Å². The number of hydrogen-bond acceptors (Lipinski definition) is 5. The Morgan fingerprint density at radius 1 is 0.591 bits per heavy atom. The van der Waals surface area contributed by atoms with E-state index in [-0.39, 0.29) is 11.3 Å². The van der Waals surface area contributed by atoms with Crippen LogP contribution < -0.4 is 9.47 Å². The molecule has 246 valence electrons. The summed E-state index contributed by atoms with van der Waals surface area (Å²) >= 11 is 0. The van der Waals surface area contributed by atoms with Gasteiger partial charge in [-0.1, -0.05) is 13.3 Å². The number of ether oxygens (including phenoxy) is 3. The summed E-state index contributed by atoms with van der Waals surface area (Å²) in [4.78, 5) is 24.3. The zero-order chi connectivity index (χ0) is 33.8. The number of unbranched alkanes of at least 4 members (excludes halogenated alkanes) is 1.